The van der Waals surface area contributed by atoms with Gasteiger partial charge < -0.3 is 5.73 Å². The molecule has 2 N–H and O–H groups in total. The fraction of sp³-hybridized carbons (Fsp3) is 0.750. The van der Waals surface area contributed by atoms with Crippen LogP contribution >= 0.6 is 0 Å². The Balaban J connectivity index is 2.19. The van der Waals surface area contributed by atoms with E-state index < -0.39 is 0 Å². The zero-order chi connectivity index (χ0) is 10.7. The Morgan fingerprint density at radius 1 is 1.33 bits per heavy atom. The minimum absolute atomic E-state index is 0.597. The van der Waals surface area contributed by atoms with E-state index in [2.05, 4.69) is 16.7 Å². The van der Waals surface area contributed by atoms with Crippen LogP contribution in [0.15, 0.2) is 6.20 Å². The quantitative estimate of drug-likeness (QED) is 0.758. The molecular formula is C12H21N3. The summed E-state index contributed by atoms with van der Waals surface area (Å²) in [6, 6.07) is 0.597. The second kappa shape index (κ2) is 4.69. The van der Waals surface area contributed by atoms with Crippen molar-refractivity contribution in [3.05, 3.63) is 11.9 Å². The van der Waals surface area contributed by atoms with Crippen molar-refractivity contribution in [1.29, 1.82) is 0 Å². The molecule has 0 aromatic carbocycles. The van der Waals surface area contributed by atoms with Gasteiger partial charge in [-0.3, -0.25) is 4.68 Å². The monoisotopic (exact) mass is 207 g/mol. The van der Waals surface area contributed by atoms with Crippen LogP contribution in [0.1, 0.15) is 57.2 Å². The maximum absolute atomic E-state index is 5.91. The number of nitrogens with two attached hydrogens (primary N) is 1. The van der Waals surface area contributed by atoms with Gasteiger partial charge in [-0.2, -0.15) is 5.10 Å². The number of hydrogen-bond acceptors (Lipinski definition) is 2. The average Bonchev–Trinajstić information content (AvgIpc) is 2.48. The summed E-state index contributed by atoms with van der Waals surface area (Å²) in [5.74, 6) is 0. The van der Waals surface area contributed by atoms with Crippen molar-refractivity contribution >= 4 is 5.69 Å². The van der Waals surface area contributed by atoms with E-state index in [1.54, 1.807) is 0 Å². The van der Waals surface area contributed by atoms with Crippen molar-refractivity contribution in [3.63, 3.8) is 0 Å². The molecule has 1 aromatic rings. The summed E-state index contributed by atoms with van der Waals surface area (Å²) in [6.07, 6.45) is 10.8. The molecule has 0 bridgehead atoms. The highest BCUT2D eigenvalue weighted by Crippen LogP contribution is 2.29. The van der Waals surface area contributed by atoms with Gasteiger partial charge in [0.2, 0.25) is 0 Å². The number of aromatic nitrogens is 2. The molecule has 1 heterocycles. The Labute approximate surface area is 91.7 Å². The summed E-state index contributed by atoms with van der Waals surface area (Å²) in [7, 11) is 0. The van der Waals surface area contributed by atoms with Crippen LogP contribution in [-0.2, 0) is 6.42 Å². The summed E-state index contributed by atoms with van der Waals surface area (Å²) in [5.41, 5.74) is 8.00. The van der Waals surface area contributed by atoms with E-state index in [0.29, 0.717) is 6.04 Å². The molecule has 1 saturated carbocycles. The second-order valence-corrected chi connectivity index (χ2v) is 4.49. The minimum Gasteiger partial charge on any atom is -0.396 e. The maximum atomic E-state index is 5.91. The molecule has 1 aliphatic rings. The lowest BCUT2D eigenvalue weighted by molar-refractivity contribution is 0.394. The number of anilines is 1. The Morgan fingerprint density at radius 3 is 2.60 bits per heavy atom. The Morgan fingerprint density at radius 2 is 2.00 bits per heavy atom. The number of rotatable bonds is 2. The molecule has 0 amide bonds. The van der Waals surface area contributed by atoms with Crippen LogP contribution in [0.3, 0.4) is 0 Å². The molecule has 0 radical (unpaired) electrons. The van der Waals surface area contributed by atoms with Crippen LogP contribution in [0.5, 0.6) is 0 Å². The van der Waals surface area contributed by atoms with E-state index in [1.165, 1.54) is 44.2 Å². The van der Waals surface area contributed by atoms with Gasteiger partial charge in [-0.15, -0.1) is 0 Å². The van der Waals surface area contributed by atoms with E-state index in [4.69, 9.17) is 5.73 Å². The van der Waals surface area contributed by atoms with Crippen molar-refractivity contribution in [2.75, 3.05) is 5.73 Å². The predicted molar refractivity (Wildman–Crippen MR) is 62.8 cm³/mol. The molecule has 0 saturated heterocycles. The number of nitrogen functional groups attached to an aromatic ring is 1. The third-order valence-electron chi connectivity index (χ3n) is 3.44. The first-order valence-corrected chi connectivity index (χ1v) is 6.14. The fourth-order valence-electron chi connectivity index (χ4n) is 2.58. The van der Waals surface area contributed by atoms with Crippen LogP contribution < -0.4 is 5.73 Å². The maximum Gasteiger partial charge on any atom is 0.0733 e. The van der Waals surface area contributed by atoms with Crippen LogP contribution in [-0.4, -0.2) is 9.78 Å². The smallest absolute Gasteiger partial charge is 0.0733 e. The highest BCUT2D eigenvalue weighted by molar-refractivity contribution is 5.41. The molecule has 0 atom stereocenters. The van der Waals surface area contributed by atoms with Gasteiger partial charge in [0.15, 0.2) is 0 Å². The molecule has 84 valence electrons. The van der Waals surface area contributed by atoms with Crippen molar-refractivity contribution in [1.82, 2.24) is 9.78 Å². The molecule has 0 aliphatic heterocycles. The van der Waals surface area contributed by atoms with E-state index >= 15 is 0 Å². The molecule has 3 nitrogen and oxygen atoms in total. The fourth-order valence-corrected chi connectivity index (χ4v) is 2.58. The van der Waals surface area contributed by atoms with Gasteiger partial charge >= 0.3 is 0 Å². The Hall–Kier alpha value is -0.990. The lowest BCUT2D eigenvalue weighted by atomic mass is 10.1. The van der Waals surface area contributed by atoms with Crippen molar-refractivity contribution in [3.8, 4) is 0 Å². The van der Waals surface area contributed by atoms with E-state index in [9.17, 15) is 0 Å². The van der Waals surface area contributed by atoms with E-state index in [1.807, 2.05) is 6.20 Å². The Bertz CT molecular complexity index is 309. The van der Waals surface area contributed by atoms with Gasteiger partial charge in [-0.25, -0.2) is 0 Å². The van der Waals surface area contributed by atoms with E-state index in [-0.39, 0.29) is 0 Å². The van der Waals surface area contributed by atoms with Gasteiger partial charge in [0.05, 0.1) is 23.6 Å². The van der Waals surface area contributed by atoms with Crippen molar-refractivity contribution in [2.45, 2.75) is 57.9 Å². The first-order chi connectivity index (χ1) is 7.33. The normalized spacial score (nSPS) is 19.0. The molecule has 0 unspecified atom stereocenters. The van der Waals surface area contributed by atoms with Crippen LogP contribution in [0, 0.1) is 0 Å². The summed E-state index contributed by atoms with van der Waals surface area (Å²) >= 11 is 0. The minimum atomic E-state index is 0.597. The number of nitrogens with zero attached hydrogens (tertiary/aromatic N) is 2. The lowest BCUT2D eigenvalue weighted by Gasteiger charge is -2.17. The van der Waals surface area contributed by atoms with Gasteiger partial charge in [0.25, 0.3) is 0 Å². The third-order valence-corrected chi connectivity index (χ3v) is 3.44. The summed E-state index contributed by atoms with van der Waals surface area (Å²) in [6.45, 7) is 2.15. The number of hydrogen-bond donors (Lipinski definition) is 1. The van der Waals surface area contributed by atoms with Gasteiger partial charge in [0.1, 0.15) is 0 Å². The third kappa shape index (κ3) is 2.16. The first-order valence-electron chi connectivity index (χ1n) is 6.14. The highest BCUT2D eigenvalue weighted by atomic mass is 15.3. The first kappa shape index (κ1) is 10.5. The lowest BCUT2D eigenvalue weighted by Crippen LogP contribution is -2.13. The summed E-state index contributed by atoms with van der Waals surface area (Å²) in [4.78, 5) is 0. The molecule has 1 aromatic heterocycles. The van der Waals surface area contributed by atoms with E-state index in [0.717, 1.165) is 12.1 Å². The zero-order valence-corrected chi connectivity index (χ0v) is 9.58. The van der Waals surface area contributed by atoms with Gasteiger partial charge in [-0.1, -0.05) is 32.6 Å². The van der Waals surface area contributed by atoms with Crippen LogP contribution in [0.25, 0.3) is 0 Å². The standard InChI is InChI=1S/C12H21N3/c1-2-12-11(13)9-14-15(12)10-7-5-3-4-6-8-10/h9-10H,2-8,13H2,1H3. The topological polar surface area (TPSA) is 43.8 Å². The van der Waals surface area contributed by atoms with Crippen molar-refractivity contribution < 1.29 is 0 Å². The molecule has 0 spiro atoms. The van der Waals surface area contributed by atoms with Gasteiger partial charge in [-0.05, 0) is 19.3 Å². The highest BCUT2D eigenvalue weighted by Gasteiger charge is 2.18. The van der Waals surface area contributed by atoms with Crippen molar-refractivity contribution in [2.24, 2.45) is 0 Å². The van der Waals surface area contributed by atoms with Crippen LogP contribution in [0.2, 0.25) is 0 Å². The second-order valence-electron chi connectivity index (χ2n) is 4.49. The molecule has 15 heavy (non-hydrogen) atoms. The molecule has 1 fully saturated rings. The van der Waals surface area contributed by atoms with Crippen LogP contribution in [0.4, 0.5) is 5.69 Å². The SMILES string of the molecule is CCc1c(N)cnn1C1CCCCCC1. The zero-order valence-electron chi connectivity index (χ0n) is 9.58. The Kier molecular flexibility index (Phi) is 3.29. The molecule has 2 rings (SSSR count). The van der Waals surface area contributed by atoms with Gasteiger partial charge in [0, 0.05) is 0 Å². The molecule has 3 heteroatoms. The predicted octanol–water partition coefficient (Wildman–Crippen LogP) is 2.92. The average molecular weight is 207 g/mol. The summed E-state index contributed by atoms with van der Waals surface area (Å²) < 4.78 is 2.18. The largest absolute Gasteiger partial charge is 0.396 e. The molecule has 1 aliphatic carbocycles. The summed E-state index contributed by atoms with van der Waals surface area (Å²) in [5, 5.41) is 4.44. The molecular weight excluding hydrogens is 186 g/mol.